The molecule has 1 aliphatic rings. The zero-order valence-electron chi connectivity index (χ0n) is 9.28. The zero-order chi connectivity index (χ0) is 11.9. The van der Waals surface area contributed by atoms with E-state index < -0.39 is 11.9 Å². The lowest BCUT2D eigenvalue weighted by molar-refractivity contribution is -0.119. The Morgan fingerprint density at radius 2 is 2.25 bits per heavy atom. The van der Waals surface area contributed by atoms with E-state index in [0.29, 0.717) is 12.2 Å². The Morgan fingerprint density at radius 1 is 1.56 bits per heavy atom. The molecule has 16 heavy (non-hydrogen) atoms. The van der Waals surface area contributed by atoms with E-state index in [1.807, 2.05) is 0 Å². The normalized spacial score (nSPS) is 19.2. The fourth-order valence-electron chi connectivity index (χ4n) is 2.07. The van der Waals surface area contributed by atoms with Crippen molar-refractivity contribution < 1.29 is 9.59 Å². The number of aromatic nitrogens is 2. The molecule has 1 atom stereocenters. The Hall–Kier alpha value is -1.69. The third-order valence-electron chi connectivity index (χ3n) is 2.86. The molecule has 86 valence electrons. The van der Waals surface area contributed by atoms with Crippen LogP contribution in [0.5, 0.6) is 0 Å². The molecule has 0 spiro atoms. The van der Waals surface area contributed by atoms with Crippen molar-refractivity contribution in [1.29, 1.82) is 0 Å². The average molecular weight is 222 g/mol. The number of Topliss-reactive ketones (excluding diaryl/α,β-unsaturated/α-hetero) is 1. The average Bonchev–Trinajstić information content (AvgIpc) is 2.56. The number of ketones is 1. The lowest BCUT2D eigenvalue weighted by atomic mass is 10.0. The summed E-state index contributed by atoms with van der Waals surface area (Å²) in [6.07, 6.45) is 0.746. The molecule has 0 aromatic carbocycles. The van der Waals surface area contributed by atoms with Gasteiger partial charge in [0.05, 0.1) is 5.69 Å². The van der Waals surface area contributed by atoms with Crippen molar-refractivity contribution in [3.05, 3.63) is 17.2 Å². The molecule has 0 saturated carbocycles. The summed E-state index contributed by atoms with van der Waals surface area (Å²) in [7, 11) is 1.74. The number of amides is 1. The predicted octanol–water partition coefficient (Wildman–Crippen LogP) is -0.705. The highest BCUT2D eigenvalue weighted by Gasteiger charge is 2.29. The molecule has 1 aromatic heterocycles. The standard InChI is InChI=1S/C10H14N4O2/c1-5(15)7-8-6(3-4-12-7)14(2)10(13-8)9(11)16/h7,12H,3-4H2,1-2H3,(H2,11,16). The van der Waals surface area contributed by atoms with Crippen molar-refractivity contribution in [3.8, 4) is 0 Å². The Balaban J connectivity index is 2.54. The highest BCUT2D eigenvalue weighted by atomic mass is 16.1. The van der Waals surface area contributed by atoms with Gasteiger partial charge in [0.2, 0.25) is 0 Å². The molecular weight excluding hydrogens is 208 g/mol. The molecule has 1 unspecified atom stereocenters. The molecule has 6 nitrogen and oxygen atoms in total. The van der Waals surface area contributed by atoms with Gasteiger partial charge in [-0.15, -0.1) is 0 Å². The van der Waals surface area contributed by atoms with Gasteiger partial charge >= 0.3 is 0 Å². The Kier molecular flexibility index (Phi) is 2.51. The Morgan fingerprint density at radius 3 is 2.81 bits per heavy atom. The summed E-state index contributed by atoms with van der Waals surface area (Å²) in [6.45, 7) is 2.21. The van der Waals surface area contributed by atoms with Gasteiger partial charge in [-0.2, -0.15) is 0 Å². The Labute approximate surface area is 92.8 Å². The SMILES string of the molecule is CC(=O)C1NCCc2c1nc(C(N)=O)n2C. The topological polar surface area (TPSA) is 90.0 Å². The first-order chi connectivity index (χ1) is 7.52. The summed E-state index contributed by atoms with van der Waals surface area (Å²) in [6, 6.07) is -0.414. The number of nitrogens with zero attached hydrogens (tertiary/aromatic N) is 2. The first-order valence-corrected chi connectivity index (χ1v) is 5.11. The quantitative estimate of drug-likeness (QED) is 0.692. The van der Waals surface area contributed by atoms with Crippen molar-refractivity contribution in [2.24, 2.45) is 12.8 Å². The van der Waals surface area contributed by atoms with E-state index in [-0.39, 0.29) is 11.6 Å². The number of hydrogen-bond donors (Lipinski definition) is 2. The molecule has 2 heterocycles. The fourth-order valence-corrected chi connectivity index (χ4v) is 2.07. The second-order valence-electron chi connectivity index (χ2n) is 3.94. The highest BCUT2D eigenvalue weighted by Crippen LogP contribution is 2.23. The molecule has 6 heteroatoms. The van der Waals surface area contributed by atoms with E-state index in [1.165, 1.54) is 6.92 Å². The van der Waals surface area contributed by atoms with Gasteiger partial charge in [-0.25, -0.2) is 4.98 Å². The molecule has 0 saturated heterocycles. The number of imidazole rings is 1. The van der Waals surface area contributed by atoms with E-state index in [0.717, 1.165) is 12.1 Å². The van der Waals surface area contributed by atoms with Gasteiger partial charge < -0.3 is 15.6 Å². The van der Waals surface area contributed by atoms with Crippen LogP contribution in [0.3, 0.4) is 0 Å². The second kappa shape index (κ2) is 3.71. The summed E-state index contributed by atoms with van der Waals surface area (Å²) >= 11 is 0. The van der Waals surface area contributed by atoms with Crippen LogP contribution in [-0.4, -0.2) is 27.8 Å². The summed E-state index contributed by atoms with van der Waals surface area (Å²) in [5, 5.41) is 3.08. The number of nitrogens with one attached hydrogen (secondary N) is 1. The maximum absolute atomic E-state index is 11.4. The highest BCUT2D eigenvalue weighted by molar-refractivity contribution is 5.90. The third-order valence-corrected chi connectivity index (χ3v) is 2.86. The van der Waals surface area contributed by atoms with Crippen molar-refractivity contribution >= 4 is 11.7 Å². The molecule has 2 rings (SSSR count). The van der Waals surface area contributed by atoms with Crippen LogP contribution in [0.25, 0.3) is 0 Å². The minimum absolute atomic E-state index is 0.00456. The van der Waals surface area contributed by atoms with Gasteiger partial charge in [0.15, 0.2) is 11.6 Å². The summed E-state index contributed by atoms with van der Waals surface area (Å²) in [5.41, 5.74) is 6.76. The van der Waals surface area contributed by atoms with Crippen molar-refractivity contribution in [2.75, 3.05) is 6.54 Å². The van der Waals surface area contributed by atoms with Gasteiger partial charge in [-0.3, -0.25) is 9.59 Å². The van der Waals surface area contributed by atoms with E-state index in [9.17, 15) is 9.59 Å². The minimum atomic E-state index is -0.570. The largest absolute Gasteiger partial charge is 0.363 e. The predicted molar refractivity (Wildman–Crippen MR) is 56.9 cm³/mol. The minimum Gasteiger partial charge on any atom is -0.363 e. The molecule has 1 aromatic rings. The van der Waals surface area contributed by atoms with Crippen LogP contribution in [0.15, 0.2) is 0 Å². The lowest BCUT2D eigenvalue weighted by Gasteiger charge is -2.21. The fraction of sp³-hybridized carbons (Fsp3) is 0.500. The molecular formula is C10H14N4O2. The van der Waals surface area contributed by atoms with Crippen LogP contribution in [0.4, 0.5) is 0 Å². The van der Waals surface area contributed by atoms with Crippen molar-refractivity contribution in [2.45, 2.75) is 19.4 Å². The van der Waals surface area contributed by atoms with Crippen LogP contribution < -0.4 is 11.1 Å². The summed E-state index contributed by atoms with van der Waals surface area (Å²) < 4.78 is 1.68. The van der Waals surface area contributed by atoms with E-state index in [2.05, 4.69) is 10.3 Å². The van der Waals surface area contributed by atoms with Gasteiger partial charge in [0.25, 0.3) is 5.91 Å². The van der Waals surface area contributed by atoms with Crippen LogP contribution >= 0.6 is 0 Å². The number of rotatable bonds is 2. The number of primary amides is 1. The number of hydrogen-bond acceptors (Lipinski definition) is 4. The van der Waals surface area contributed by atoms with Crippen molar-refractivity contribution in [3.63, 3.8) is 0 Å². The number of fused-ring (bicyclic) bond motifs is 1. The summed E-state index contributed by atoms with van der Waals surface area (Å²) in [4.78, 5) is 26.7. The molecule has 0 fully saturated rings. The lowest BCUT2D eigenvalue weighted by Crippen LogP contribution is -2.34. The monoisotopic (exact) mass is 222 g/mol. The van der Waals surface area contributed by atoms with Gasteiger partial charge in [0, 0.05) is 25.7 Å². The van der Waals surface area contributed by atoms with E-state index >= 15 is 0 Å². The van der Waals surface area contributed by atoms with Crippen LogP contribution in [0.1, 0.15) is 35.0 Å². The van der Waals surface area contributed by atoms with Gasteiger partial charge in [-0.1, -0.05) is 0 Å². The first kappa shape index (κ1) is 10.8. The van der Waals surface area contributed by atoms with Crippen LogP contribution in [-0.2, 0) is 18.3 Å². The molecule has 0 bridgehead atoms. The molecule has 1 aliphatic heterocycles. The van der Waals surface area contributed by atoms with E-state index in [1.54, 1.807) is 11.6 Å². The molecule has 3 N–H and O–H groups in total. The second-order valence-corrected chi connectivity index (χ2v) is 3.94. The van der Waals surface area contributed by atoms with Crippen molar-refractivity contribution in [1.82, 2.24) is 14.9 Å². The maximum atomic E-state index is 11.4. The molecule has 0 radical (unpaired) electrons. The molecule has 1 amide bonds. The number of carbonyl (C=O) groups excluding carboxylic acids is 2. The maximum Gasteiger partial charge on any atom is 0.284 e. The zero-order valence-corrected chi connectivity index (χ0v) is 9.28. The van der Waals surface area contributed by atoms with Crippen LogP contribution in [0.2, 0.25) is 0 Å². The third kappa shape index (κ3) is 1.51. The van der Waals surface area contributed by atoms with Gasteiger partial charge in [-0.05, 0) is 6.92 Å². The smallest absolute Gasteiger partial charge is 0.284 e. The first-order valence-electron chi connectivity index (χ1n) is 5.11. The number of carbonyl (C=O) groups is 2. The molecule has 0 aliphatic carbocycles. The summed E-state index contributed by atoms with van der Waals surface area (Å²) in [5.74, 6) is -0.366. The van der Waals surface area contributed by atoms with Gasteiger partial charge in [0.1, 0.15) is 6.04 Å². The van der Waals surface area contributed by atoms with E-state index in [4.69, 9.17) is 5.73 Å². The van der Waals surface area contributed by atoms with Crippen LogP contribution in [0, 0.1) is 0 Å². The Bertz CT molecular complexity index is 464. The number of nitrogens with two attached hydrogens (primary N) is 1.